The zero-order valence-electron chi connectivity index (χ0n) is 12.7. The smallest absolute Gasteiger partial charge is 0.410 e. The molecule has 0 aliphatic carbocycles. The van der Waals surface area contributed by atoms with Gasteiger partial charge in [0.15, 0.2) is 0 Å². The van der Waals surface area contributed by atoms with Crippen molar-refractivity contribution in [2.24, 2.45) is 0 Å². The van der Waals surface area contributed by atoms with E-state index in [1.54, 1.807) is 45.0 Å². The van der Waals surface area contributed by atoms with E-state index in [4.69, 9.17) is 4.74 Å². The highest BCUT2D eigenvalue weighted by Gasteiger charge is 2.34. The van der Waals surface area contributed by atoms with Crippen molar-refractivity contribution in [1.82, 2.24) is 4.90 Å². The number of carbonyl (C=O) groups excluding carboxylic acids is 1. The molecule has 1 N–H and O–H groups in total. The first kappa shape index (κ1) is 15.6. The summed E-state index contributed by atoms with van der Waals surface area (Å²) in [4.78, 5) is 13.4. The number of hydrogen-bond donors (Lipinski definition) is 1. The Balaban J connectivity index is 2.01. The number of nitrogens with zero attached hydrogens (tertiary/aromatic N) is 1. The van der Waals surface area contributed by atoms with Crippen molar-refractivity contribution in [3.63, 3.8) is 0 Å². The van der Waals surface area contributed by atoms with Crippen LogP contribution in [-0.4, -0.2) is 41.0 Å². The first-order valence-electron chi connectivity index (χ1n) is 7.17. The zero-order chi connectivity index (χ0) is 15.6. The number of benzene rings is 1. The largest absolute Gasteiger partial charge is 0.508 e. The molecule has 2 atom stereocenters. The van der Waals surface area contributed by atoms with Crippen molar-refractivity contribution in [2.75, 3.05) is 13.1 Å². The summed E-state index contributed by atoms with van der Waals surface area (Å²) in [7, 11) is 0. The molecular weight excluding hydrogens is 273 g/mol. The Morgan fingerprint density at radius 2 is 2.14 bits per heavy atom. The fourth-order valence-electron chi connectivity index (χ4n) is 2.53. The molecule has 1 aliphatic heterocycles. The van der Waals surface area contributed by atoms with Crippen LogP contribution in [0.3, 0.4) is 0 Å². The van der Waals surface area contributed by atoms with E-state index in [9.17, 15) is 14.3 Å². The number of phenolic OH excluding ortho intramolecular Hbond substituents is 1. The van der Waals surface area contributed by atoms with Crippen LogP contribution in [0.15, 0.2) is 24.3 Å². The van der Waals surface area contributed by atoms with Crippen molar-refractivity contribution < 1.29 is 19.0 Å². The number of likely N-dealkylation sites (tertiary alicyclic amines) is 1. The van der Waals surface area contributed by atoms with E-state index in [0.717, 1.165) is 5.56 Å². The van der Waals surface area contributed by atoms with Crippen LogP contribution in [0.4, 0.5) is 9.18 Å². The monoisotopic (exact) mass is 295 g/mol. The minimum atomic E-state index is -1.16. The van der Waals surface area contributed by atoms with Gasteiger partial charge in [-0.05, 0) is 44.9 Å². The van der Waals surface area contributed by atoms with Crippen LogP contribution in [-0.2, 0) is 4.74 Å². The maximum absolute atomic E-state index is 14.4. The molecule has 0 aromatic heterocycles. The zero-order valence-corrected chi connectivity index (χ0v) is 12.7. The molecule has 0 radical (unpaired) electrons. The Kier molecular flexibility index (Phi) is 4.40. The first-order chi connectivity index (χ1) is 9.76. The fourth-order valence-corrected chi connectivity index (χ4v) is 2.53. The normalized spacial score (nSPS) is 23.0. The lowest BCUT2D eigenvalue weighted by atomic mass is 9.88. The third kappa shape index (κ3) is 4.09. The van der Waals surface area contributed by atoms with Gasteiger partial charge in [0, 0.05) is 12.5 Å². The van der Waals surface area contributed by atoms with Crippen molar-refractivity contribution in [3.05, 3.63) is 29.8 Å². The predicted octanol–water partition coefficient (Wildman–Crippen LogP) is 3.45. The summed E-state index contributed by atoms with van der Waals surface area (Å²) < 4.78 is 19.6. The number of ether oxygens (including phenoxy) is 1. The van der Waals surface area contributed by atoms with E-state index < -0.39 is 17.9 Å². The lowest BCUT2D eigenvalue weighted by Gasteiger charge is -2.35. The number of amides is 1. The molecule has 1 aliphatic rings. The van der Waals surface area contributed by atoms with Gasteiger partial charge in [-0.3, -0.25) is 0 Å². The molecule has 1 saturated heterocycles. The maximum atomic E-state index is 14.4. The summed E-state index contributed by atoms with van der Waals surface area (Å²) in [5.41, 5.74) is 0.191. The summed E-state index contributed by atoms with van der Waals surface area (Å²) in [5.74, 6) is -0.162. The van der Waals surface area contributed by atoms with Crippen LogP contribution in [0.2, 0.25) is 0 Å². The summed E-state index contributed by atoms with van der Waals surface area (Å²) in [6.07, 6.45) is -1.11. The second-order valence-corrected chi connectivity index (χ2v) is 6.43. The molecule has 21 heavy (non-hydrogen) atoms. The molecule has 116 valence electrons. The molecule has 2 rings (SSSR count). The van der Waals surface area contributed by atoms with Gasteiger partial charge in [-0.15, -0.1) is 0 Å². The van der Waals surface area contributed by atoms with Gasteiger partial charge in [0.2, 0.25) is 0 Å². The highest BCUT2D eigenvalue weighted by atomic mass is 19.1. The number of phenols is 1. The molecule has 0 saturated carbocycles. The van der Waals surface area contributed by atoms with Gasteiger partial charge in [0.25, 0.3) is 0 Å². The number of piperidine rings is 1. The van der Waals surface area contributed by atoms with E-state index >= 15 is 0 Å². The average molecular weight is 295 g/mol. The van der Waals surface area contributed by atoms with Crippen LogP contribution in [0, 0.1) is 0 Å². The van der Waals surface area contributed by atoms with Gasteiger partial charge in [0.1, 0.15) is 17.5 Å². The topological polar surface area (TPSA) is 49.8 Å². The predicted molar refractivity (Wildman–Crippen MR) is 78.2 cm³/mol. The second kappa shape index (κ2) is 5.92. The standard InChI is InChI=1S/C16H22FNO3/c1-16(2,3)21-15(20)18-8-7-13(14(17)10-18)11-5-4-6-12(19)9-11/h4-6,9,13-14,19H,7-8,10H2,1-3H3. The van der Waals surface area contributed by atoms with Crippen LogP contribution in [0.1, 0.15) is 38.7 Å². The van der Waals surface area contributed by atoms with Crippen molar-refractivity contribution in [1.29, 1.82) is 0 Å². The molecule has 1 amide bonds. The number of aromatic hydroxyl groups is 1. The van der Waals surface area contributed by atoms with E-state index in [0.29, 0.717) is 13.0 Å². The molecule has 1 fully saturated rings. The molecule has 0 spiro atoms. The molecule has 4 nitrogen and oxygen atoms in total. The molecule has 1 aromatic carbocycles. The lowest BCUT2D eigenvalue weighted by Crippen LogP contribution is -2.46. The van der Waals surface area contributed by atoms with Crippen LogP contribution < -0.4 is 0 Å². The van der Waals surface area contributed by atoms with Gasteiger partial charge in [-0.25, -0.2) is 9.18 Å². The molecule has 0 bridgehead atoms. The Labute approximate surface area is 124 Å². The molecule has 1 aromatic rings. The molecule has 5 heteroatoms. The minimum absolute atomic E-state index is 0.0231. The Bertz CT molecular complexity index is 512. The van der Waals surface area contributed by atoms with Gasteiger partial charge in [-0.1, -0.05) is 12.1 Å². The summed E-state index contributed by atoms with van der Waals surface area (Å²) in [6.45, 7) is 5.84. The van der Waals surface area contributed by atoms with Crippen LogP contribution in [0.25, 0.3) is 0 Å². The maximum Gasteiger partial charge on any atom is 0.410 e. The van der Waals surface area contributed by atoms with E-state index in [1.165, 1.54) is 4.90 Å². The Hall–Kier alpha value is -1.78. The van der Waals surface area contributed by atoms with Gasteiger partial charge < -0.3 is 14.7 Å². The Morgan fingerprint density at radius 3 is 2.71 bits per heavy atom. The van der Waals surface area contributed by atoms with Crippen molar-refractivity contribution in [2.45, 2.75) is 44.9 Å². The minimum Gasteiger partial charge on any atom is -0.508 e. The van der Waals surface area contributed by atoms with Gasteiger partial charge in [0.05, 0.1) is 6.54 Å². The first-order valence-corrected chi connectivity index (χ1v) is 7.17. The summed E-state index contributed by atoms with van der Waals surface area (Å²) in [5, 5.41) is 9.49. The van der Waals surface area contributed by atoms with Crippen molar-refractivity contribution in [3.8, 4) is 5.75 Å². The van der Waals surface area contributed by atoms with Crippen LogP contribution >= 0.6 is 0 Å². The van der Waals surface area contributed by atoms with Gasteiger partial charge in [-0.2, -0.15) is 0 Å². The summed E-state index contributed by atoms with van der Waals surface area (Å²) >= 11 is 0. The fraction of sp³-hybridized carbons (Fsp3) is 0.562. The second-order valence-electron chi connectivity index (χ2n) is 6.43. The third-order valence-electron chi connectivity index (χ3n) is 3.49. The van der Waals surface area contributed by atoms with E-state index in [1.807, 2.05) is 0 Å². The highest BCUT2D eigenvalue weighted by molar-refractivity contribution is 5.68. The lowest BCUT2D eigenvalue weighted by molar-refractivity contribution is 0.0111. The van der Waals surface area contributed by atoms with Gasteiger partial charge >= 0.3 is 6.09 Å². The van der Waals surface area contributed by atoms with Crippen LogP contribution in [0.5, 0.6) is 5.75 Å². The SMILES string of the molecule is CC(C)(C)OC(=O)N1CCC(c2cccc(O)c2)C(F)C1. The highest BCUT2D eigenvalue weighted by Crippen LogP contribution is 2.32. The summed E-state index contributed by atoms with van der Waals surface area (Å²) in [6, 6.07) is 6.66. The Morgan fingerprint density at radius 1 is 1.43 bits per heavy atom. The van der Waals surface area contributed by atoms with Crippen molar-refractivity contribution >= 4 is 6.09 Å². The third-order valence-corrected chi connectivity index (χ3v) is 3.49. The number of carbonyl (C=O) groups is 1. The molecule has 2 unspecified atom stereocenters. The number of hydrogen-bond acceptors (Lipinski definition) is 3. The van der Waals surface area contributed by atoms with E-state index in [-0.39, 0.29) is 18.2 Å². The number of halogens is 1. The van der Waals surface area contributed by atoms with E-state index in [2.05, 4.69) is 0 Å². The molecular formula is C16H22FNO3. The number of rotatable bonds is 1. The number of alkyl halides is 1. The quantitative estimate of drug-likeness (QED) is 0.863. The average Bonchev–Trinajstić information content (AvgIpc) is 2.36. The molecule has 1 heterocycles.